The molecule has 0 aliphatic rings. The Hall–Kier alpha value is -0.610. The van der Waals surface area contributed by atoms with Crippen molar-refractivity contribution in [2.45, 2.75) is 52.6 Å². The molecule has 0 radical (unpaired) electrons. The van der Waals surface area contributed by atoms with Gasteiger partial charge in [-0.25, -0.2) is 0 Å². The number of nitrogens with one attached hydrogen (secondary N) is 1. The molecule has 4 nitrogen and oxygen atoms in total. The number of methoxy groups -OCH3 is 1. The molecule has 2 atom stereocenters. The molecule has 0 saturated carbocycles. The normalized spacial score (nSPS) is 14.4. The summed E-state index contributed by atoms with van der Waals surface area (Å²) in [6.45, 7) is 10.3. The van der Waals surface area contributed by atoms with E-state index in [0.29, 0.717) is 6.61 Å². The second-order valence-electron chi connectivity index (χ2n) is 4.34. The molecule has 0 rings (SSSR count). The van der Waals surface area contributed by atoms with Crippen molar-refractivity contribution in [3.05, 3.63) is 0 Å². The highest BCUT2D eigenvalue weighted by atomic mass is 16.5. The topological polar surface area (TPSA) is 41.6 Å². The van der Waals surface area contributed by atoms with Crippen LogP contribution >= 0.6 is 0 Å². The van der Waals surface area contributed by atoms with Crippen molar-refractivity contribution in [1.82, 2.24) is 10.2 Å². The van der Waals surface area contributed by atoms with Gasteiger partial charge in [-0.1, -0.05) is 13.3 Å². The summed E-state index contributed by atoms with van der Waals surface area (Å²) in [6, 6.07) is 0.126. The molecule has 0 saturated heterocycles. The van der Waals surface area contributed by atoms with Crippen LogP contribution in [0.4, 0.5) is 0 Å². The maximum Gasteiger partial charge on any atom is 0.239 e. The number of amides is 1. The zero-order valence-electron chi connectivity index (χ0n) is 12.0. The molecule has 1 N–H and O–H groups in total. The fourth-order valence-electron chi connectivity index (χ4n) is 2.00. The number of rotatable bonds is 9. The molecule has 0 aliphatic heterocycles. The van der Waals surface area contributed by atoms with Gasteiger partial charge in [0, 0.05) is 26.2 Å². The van der Waals surface area contributed by atoms with Gasteiger partial charge in [-0.3, -0.25) is 4.79 Å². The number of carbonyl (C=O) groups excluding carboxylic acids is 1. The highest BCUT2D eigenvalue weighted by Crippen LogP contribution is 2.01. The number of ether oxygens (including phenoxy) is 1. The predicted octanol–water partition coefficient (Wildman–Crippen LogP) is 1.65. The van der Waals surface area contributed by atoms with Crippen molar-refractivity contribution in [2.24, 2.45) is 0 Å². The van der Waals surface area contributed by atoms with E-state index in [1.807, 2.05) is 25.7 Å². The molecule has 0 aromatic rings. The van der Waals surface area contributed by atoms with Gasteiger partial charge in [0.15, 0.2) is 0 Å². The summed E-state index contributed by atoms with van der Waals surface area (Å²) in [5.74, 6) is 0.173. The molecule has 0 aromatic heterocycles. The van der Waals surface area contributed by atoms with Crippen molar-refractivity contribution in [1.29, 1.82) is 0 Å². The molecule has 4 heteroatoms. The molecule has 102 valence electrons. The average molecular weight is 244 g/mol. The zero-order chi connectivity index (χ0) is 13.3. The summed E-state index contributed by atoms with van der Waals surface area (Å²) in [5, 5.41) is 3.35. The number of likely N-dealkylation sites (N-methyl/N-ethyl adjacent to an activating group) is 1. The predicted molar refractivity (Wildman–Crippen MR) is 71.1 cm³/mol. The Balaban J connectivity index is 4.27. The first kappa shape index (κ1) is 16.4. The van der Waals surface area contributed by atoms with Crippen LogP contribution < -0.4 is 5.32 Å². The van der Waals surface area contributed by atoms with Gasteiger partial charge in [0.2, 0.25) is 5.91 Å². The summed E-state index contributed by atoms with van der Waals surface area (Å²) in [7, 11) is 1.70. The van der Waals surface area contributed by atoms with Crippen LogP contribution in [0.3, 0.4) is 0 Å². The van der Waals surface area contributed by atoms with Crippen molar-refractivity contribution in [3.63, 3.8) is 0 Å². The molecular formula is C13H28N2O2. The fraction of sp³-hybridized carbons (Fsp3) is 0.923. The number of hydrogen-bond acceptors (Lipinski definition) is 3. The Morgan fingerprint density at radius 1 is 1.29 bits per heavy atom. The Labute approximate surface area is 106 Å². The van der Waals surface area contributed by atoms with Gasteiger partial charge in [-0.05, 0) is 27.2 Å². The average Bonchev–Trinajstić information content (AvgIpc) is 2.31. The summed E-state index contributed by atoms with van der Waals surface area (Å²) in [4.78, 5) is 13.9. The first-order chi connectivity index (χ1) is 8.10. The highest BCUT2D eigenvalue weighted by molar-refractivity contribution is 5.81. The van der Waals surface area contributed by atoms with E-state index in [1.165, 1.54) is 0 Å². The molecule has 0 bridgehead atoms. The Morgan fingerprint density at radius 2 is 1.88 bits per heavy atom. The maximum absolute atomic E-state index is 12.1. The van der Waals surface area contributed by atoms with Crippen LogP contribution in [-0.4, -0.2) is 49.7 Å². The molecule has 0 aliphatic carbocycles. The lowest BCUT2D eigenvalue weighted by Crippen LogP contribution is -2.49. The third kappa shape index (κ3) is 6.03. The Kier molecular flexibility index (Phi) is 9.09. The van der Waals surface area contributed by atoms with Crippen molar-refractivity contribution >= 4 is 5.91 Å². The third-order valence-electron chi connectivity index (χ3n) is 2.94. The smallest absolute Gasteiger partial charge is 0.239 e. The van der Waals surface area contributed by atoms with Crippen LogP contribution in [-0.2, 0) is 9.53 Å². The summed E-state index contributed by atoms with van der Waals surface area (Å²) in [6.07, 6.45) is 2.12. The summed E-state index contributed by atoms with van der Waals surface area (Å²) >= 11 is 0. The Bertz CT molecular complexity index is 200. The number of carbonyl (C=O) groups is 1. The summed E-state index contributed by atoms with van der Waals surface area (Å²) in [5.41, 5.74) is 0. The quantitative estimate of drug-likeness (QED) is 0.670. The fourth-order valence-corrected chi connectivity index (χ4v) is 2.00. The van der Waals surface area contributed by atoms with Crippen LogP contribution in [0.1, 0.15) is 40.5 Å². The van der Waals surface area contributed by atoms with Gasteiger partial charge in [0.1, 0.15) is 0 Å². The van der Waals surface area contributed by atoms with Crippen molar-refractivity contribution in [3.8, 4) is 0 Å². The van der Waals surface area contributed by atoms with Crippen molar-refractivity contribution < 1.29 is 9.53 Å². The van der Waals surface area contributed by atoms with Gasteiger partial charge in [-0.2, -0.15) is 0 Å². The first-order valence-electron chi connectivity index (χ1n) is 6.64. The lowest BCUT2D eigenvalue weighted by atomic mass is 10.1. The minimum atomic E-state index is -0.137. The van der Waals surface area contributed by atoms with Crippen LogP contribution in [0, 0.1) is 0 Å². The van der Waals surface area contributed by atoms with Crippen LogP contribution in [0.5, 0.6) is 0 Å². The third-order valence-corrected chi connectivity index (χ3v) is 2.94. The molecule has 0 heterocycles. The van der Waals surface area contributed by atoms with E-state index in [1.54, 1.807) is 7.11 Å². The minimum Gasteiger partial charge on any atom is -0.383 e. The molecular weight excluding hydrogens is 216 g/mol. The van der Waals surface area contributed by atoms with E-state index < -0.39 is 0 Å². The zero-order valence-corrected chi connectivity index (χ0v) is 12.0. The van der Waals surface area contributed by atoms with E-state index >= 15 is 0 Å². The van der Waals surface area contributed by atoms with Gasteiger partial charge in [0.05, 0.1) is 12.6 Å². The van der Waals surface area contributed by atoms with Gasteiger partial charge in [0.25, 0.3) is 0 Å². The lowest BCUT2D eigenvalue weighted by molar-refractivity contribution is -0.133. The van der Waals surface area contributed by atoms with E-state index in [9.17, 15) is 4.79 Å². The van der Waals surface area contributed by atoms with E-state index in [-0.39, 0.29) is 18.0 Å². The van der Waals surface area contributed by atoms with Crippen molar-refractivity contribution in [2.75, 3.05) is 26.8 Å². The van der Waals surface area contributed by atoms with Gasteiger partial charge in [-0.15, -0.1) is 0 Å². The van der Waals surface area contributed by atoms with E-state index in [0.717, 1.165) is 25.9 Å². The monoisotopic (exact) mass is 244 g/mol. The molecule has 1 amide bonds. The summed E-state index contributed by atoms with van der Waals surface area (Å²) < 4.78 is 5.16. The number of hydrogen-bond donors (Lipinski definition) is 1. The minimum absolute atomic E-state index is 0.137. The largest absolute Gasteiger partial charge is 0.383 e. The molecule has 0 spiro atoms. The highest BCUT2D eigenvalue weighted by Gasteiger charge is 2.20. The molecule has 2 unspecified atom stereocenters. The first-order valence-corrected chi connectivity index (χ1v) is 6.64. The second kappa shape index (κ2) is 9.42. The van der Waals surface area contributed by atoms with Crippen LogP contribution in [0.2, 0.25) is 0 Å². The maximum atomic E-state index is 12.1. The van der Waals surface area contributed by atoms with E-state index in [4.69, 9.17) is 4.74 Å². The standard InChI is InChI=1S/C13H28N2O2/c1-6-9-12(10-17-5)14-11(4)13(16)15(7-2)8-3/h11-12,14H,6-10H2,1-5H3. The van der Waals surface area contributed by atoms with Gasteiger partial charge >= 0.3 is 0 Å². The van der Waals surface area contributed by atoms with Crippen LogP contribution in [0.25, 0.3) is 0 Å². The SMILES string of the molecule is CCCC(COC)NC(C)C(=O)N(CC)CC. The van der Waals surface area contributed by atoms with Crippen LogP contribution in [0.15, 0.2) is 0 Å². The molecule has 17 heavy (non-hydrogen) atoms. The molecule has 0 fully saturated rings. The lowest BCUT2D eigenvalue weighted by Gasteiger charge is -2.27. The Morgan fingerprint density at radius 3 is 2.29 bits per heavy atom. The second-order valence-corrected chi connectivity index (χ2v) is 4.34. The van der Waals surface area contributed by atoms with E-state index in [2.05, 4.69) is 12.2 Å². The molecule has 0 aromatic carbocycles. The van der Waals surface area contributed by atoms with Gasteiger partial charge < -0.3 is 15.0 Å². The number of nitrogens with zero attached hydrogens (tertiary/aromatic N) is 1.